The molecule has 6 heteroatoms. The summed E-state index contributed by atoms with van der Waals surface area (Å²) >= 11 is 0. The Morgan fingerprint density at radius 3 is 2.88 bits per heavy atom. The molecule has 0 radical (unpaired) electrons. The fourth-order valence-electron chi connectivity index (χ4n) is 2.99. The molecule has 1 aromatic heterocycles. The van der Waals surface area contributed by atoms with Crippen molar-refractivity contribution in [2.75, 3.05) is 13.2 Å². The fraction of sp³-hybridized carbons (Fsp3) is 0.500. The van der Waals surface area contributed by atoms with Crippen LogP contribution in [-0.4, -0.2) is 38.7 Å². The molecule has 128 valence electrons. The van der Waals surface area contributed by atoms with Crippen molar-refractivity contribution in [2.24, 2.45) is 0 Å². The first-order valence-corrected chi connectivity index (χ1v) is 8.48. The first kappa shape index (κ1) is 16.5. The largest absolute Gasteiger partial charge is 0.483 e. The summed E-state index contributed by atoms with van der Waals surface area (Å²) in [5, 5.41) is 8.20. The monoisotopic (exact) mass is 328 g/mol. The second-order valence-electron chi connectivity index (χ2n) is 6.27. The van der Waals surface area contributed by atoms with E-state index in [1.54, 1.807) is 4.90 Å². The number of rotatable bonds is 5. The van der Waals surface area contributed by atoms with Crippen molar-refractivity contribution < 1.29 is 9.53 Å². The maximum atomic E-state index is 12.5. The second kappa shape index (κ2) is 7.03. The van der Waals surface area contributed by atoms with E-state index in [2.05, 4.69) is 34.7 Å². The Morgan fingerprint density at radius 1 is 1.29 bits per heavy atom. The van der Waals surface area contributed by atoms with Crippen LogP contribution in [0, 0.1) is 6.92 Å². The molecule has 0 bridgehead atoms. The minimum absolute atomic E-state index is 0.0131. The van der Waals surface area contributed by atoms with Crippen LogP contribution in [0.1, 0.15) is 43.4 Å². The van der Waals surface area contributed by atoms with E-state index in [9.17, 15) is 4.79 Å². The zero-order chi connectivity index (χ0) is 17.1. The molecule has 24 heavy (non-hydrogen) atoms. The van der Waals surface area contributed by atoms with Gasteiger partial charge >= 0.3 is 0 Å². The van der Waals surface area contributed by atoms with Gasteiger partial charge in [0.1, 0.15) is 11.6 Å². The Kier molecular flexibility index (Phi) is 4.83. The molecular weight excluding hydrogens is 304 g/mol. The Hall–Kier alpha value is -2.37. The molecule has 1 atom stereocenters. The summed E-state index contributed by atoms with van der Waals surface area (Å²) in [5.41, 5.74) is 1.15. The number of aromatic nitrogens is 3. The van der Waals surface area contributed by atoms with Crippen molar-refractivity contribution in [3.63, 3.8) is 0 Å². The van der Waals surface area contributed by atoms with Gasteiger partial charge in [0.2, 0.25) is 0 Å². The van der Waals surface area contributed by atoms with Crippen LogP contribution in [-0.2, 0) is 17.9 Å². The van der Waals surface area contributed by atoms with Crippen LogP contribution in [0.3, 0.4) is 0 Å². The van der Waals surface area contributed by atoms with Gasteiger partial charge in [0.25, 0.3) is 5.91 Å². The third-order valence-electron chi connectivity index (χ3n) is 4.70. The van der Waals surface area contributed by atoms with Gasteiger partial charge in [-0.25, -0.2) is 0 Å². The van der Waals surface area contributed by atoms with Gasteiger partial charge < -0.3 is 14.2 Å². The van der Waals surface area contributed by atoms with Crippen molar-refractivity contribution >= 4 is 5.91 Å². The summed E-state index contributed by atoms with van der Waals surface area (Å²) < 4.78 is 7.89. The fourth-order valence-corrected chi connectivity index (χ4v) is 2.99. The molecule has 1 aliphatic rings. The number of para-hydroxylation sites is 1. The zero-order valence-electron chi connectivity index (χ0n) is 14.5. The number of fused-ring (bicyclic) bond motifs is 1. The molecule has 0 N–H and O–H groups in total. The summed E-state index contributed by atoms with van der Waals surface area (Å²) in [4.78, 5) is 14.3. The van der Waals surface area contributed by atoms with Gasteiger partial charge in [0, 0.05) is 13.1 Å². The minimum Gasteiger partial charge on any atom is -0.483 e. The maximum absolute atomic E-state index is 12.5. The lowest BCUT2D eigenvalue weighted by Crippen LogP contribution is -2.41. The molecule has 1 aromatic carbocycles. The van der Waals surface area contributed by atoms with Crippen LogP contribution in [0.25, 0.3) is 0 Å². The summed E-state index contributed by atoms with van der Waals surface area (Å²) in [6.07, 6.45) is 1.04. The molecule has 6 nitrogen and oxygen atoms in total. The normalized spacial score (nSPS) is 15.0. The smallest absolute Gasteiger partial charge is 0.260 e. The van der Waals surface area contributed by atoms with Crippen LogP contribution in [0.2, 0.25) is 0 Å². The first-order chi connectivity index (χ1) is 11.6. The molecule has 2 heterocycles. The van der Waals surface area contributed by atoms with Gasteiger partial charge in [-0.3, -0.25) is 4.79 Å². The lowest BCUT2D eigenvalue weighted by Gasteiger charge is -2.27. The van der Waals surface area contributed by atoms with E-state index in [-0.39, 0.29) is 12.5 Å². The summed E-state index contributed by atoms with van der Waals surface area (Å²) in [5.74, 6) is 2.94. The van der Waals surface area contributed by atoms with Crippen LogP contribution >= 0.6 is 0 Å². The highest BCUT2D eigenvalue weighted by Gasteiger charge is 2.23. The number of hydrogen-bond acceptors (Lipinski definition) is 4. The topological polar surface area (TPSA) is 60.2 Å². The lowest BCUT2D eigenvalue weighted by atomic mass is 9.98. The molecular formula is C18H24N4O2. The number of benzene rings is 1. The number of hydrogen-bond donors (Lipinski definition) is 0. The van der Waals surface area contributed by atoms with Crippen LogP contribution in [0.5, 0.6) is 5.75 Å². The molecule has 0 saturated heterocycles. The first-order valence-electron chi connectivity index (χ1n) is 8.48. The molecule has 1 amide bonds. The van der Waals surface area contributed by atoms with Crippen molar-refractivity contribution in [2.45, 2.75) is 46.2 Å². The van der Waals surface area contributed by atoms with Crippen molar-refractivity contribution in [1.82, 2.24) is 19.7 Å². The van der Waals surface area contributed by atoms with Crippen LogP contribution < -0.4 is 4.74 Å². The summed E-state index contributed by atoms with van der Waals surface area (Å²) in [6.45, 7) is 8.21. The van der Waals surface area contributed by atoms with E-state index < -0.39 is 0 Å². The lowest BCUT2D eigenvalue weighted by molar-refractivity contribution is -0.134. The minimum atomic E-state index is -0.0131. The van der Waals surface area contributed by atoms with E-state index in [0.29, 0.717) is 19.0 Å². The molecule has 0 saturated carbocycles. The number of amides is 1. The molecule has 0 fully saturated rings. The SMILES string of the molecule is CCC(C)c1ccccc1OCC(=O)N1CCn2c(C)nnc2C1. The highest BCUT2D eigenvalue weighted by Crippen LogP contribution is 2.28. The van der Waals surface area contributed by atoms with E-state index in [4.69, 9.17) is 4.74 Å². The second-order valence-corrected chi connectivity index (χ2v) is 6.27. The number of ether oxygens (including phenoxy) is 1. The quantitative estimate of drug-likeness (QED) is 0.846. The van der Waals surface area contributed by atoms with Gasteiger partial charge in [0.15, 0.2) is 12.4 Å². The predicted molar refractivity (Wildman–Crippen MR) is 90.8 cm³/mol. The van der Waals surface area contributed by atoms with Crippen molar-refractivity contribution in [3.8, 4) is 5.75 Å². The molecule has 0 spiro atoms. The van der Waals surface area contributed by atoms with Gasteiger partial charge in [0.05, 0.1) is 6.54 Å². The number of aryl methyl sites for hydroxylation is 1. The molecule has 0 aliphatic carbocycles. The number of carbonyl (C=O) groups excluding carboxylic acids is 1. The van der Waals surface area contributed by atoms with Crippen molar-refractivity contribution in [1.29, 1.82) is 0 Å². The van der Waals surface area contributed by atoms with E-state index in [1.165, 1.54) is 0 Å². The zero-order valence-corrected chi connectivity index (χ0v) is 14.5. The van der Waals surface area contributed by atoms with Crippen LogP contribution in [0.4, 0.5) is 0 Å². The standard InChI is InChI=1S/C18H24N4O2/c1-4-13(2)15-7-5-6-8-16(15)24-12-18(23)21-9-10-22-14(3)19-20-17(22)11-21/h5-8,13H,4,9-12H2,1-3H3. The Morgan fingerprint density at radius 2 is 2.08 bits per heavy atom. The van der Waals surface area contributed by atoms with Gasteiger partial charge in [-0.1, -0.05) is 32.0 Å². The predicted octanol–water partition coefficient (Wildman–Crippen LogP) is 2.52. The molecule has 1 aliphatic heterocycles. The van der Waals surface area contributed by atoms with E-state index in [0.717, 1.165) is 35.9 Å². The number of nitrogens with zero attached hydrogens (tertiary/aromatic N) is 4. The molecule has 2 aromatic rings. The van der Waals surface area contributed by atoms with Gasteiger partial charge in [-0.15, -0.1) is 10.2 Å². The third-order valence-corrected chi connectivity index (χ3v) is 4.70. The highest BCUT2D eigenvalue weighted by atomic mass is 16.5. The summed E-state index contributed by atoms with van der Waals surface area (Å²) in [6, 6.07) is 7.96. The highest BCUT2D eigenvalue weighted by molar-refractivity contribution is 5.77. The van der Waals surface area contributed by atoms with Crippen molar-refractivity contribution in [3.05, 3.63) is 41.5 Å². The maximum Gasteiger partial charge on any atom is 0.260 e. The Bertz CT molecular complexity index is 726. The van der Waals surface area contributed by atoms with Crippen LogP contribution in [0.15, 0.2) is 24.3 Å². The Balaban J connectivity index is 1.63. The molecule has 1 unspecified atom stereocenters. The molecule has 3 rings (SSSR count). The third kappa shape index (κ3) is 3.27. The summed E-state index contributed by atoms with van der Waals surface area (Å²) in [7, 11) is 0. The average molecular weight is 328 g/mol. The van der Waals surface area contributed by atoms with Gasteiger partial charge in [-0.05, 0) is 30.9 Å². The van der Waals surface area contributed by atoms with E-state index in [1.807, 2.05) is 25.1 Å². The average Bonchev–Trinajstić information content (AvgIpc) is 2.99. The van der Waals surface area contributed by atoms with E-state index >= 15 is 0 Å². The Labute approximate surface area is 142 Å². The number of carbonyl (C=O) groups is 1. The van der Waals surface area contributed by atoms with Gasteiger partial charge in [-0.2, -0.15) is 0 Å².